The predicted octanol–water partition coefficient (Wildman–Crippen LogP) is 1.24. The molecule has 1 aliphatic heterocycles. The Balaban J connectivity index is 1.84. The molecule has 1 saturated carbocycles. The fourth-order valence-corrected chi connectivity index (χ4v) is 4.51. The molecule has 2 unspecified atom stereocenters. The van der Waals surface area contributed by atoms with Gasteiger partial charge in [0.1, 0.15) is 0 Å². The van der Waals surface area contributed by atoms with E-state index in [1.807, 2.05) is 0 Å². The first-order chi connectivity index (χ1) is 8.09. The highest BCUT2D eigenvalue weighted by Gasteiger charge is 2.30. The monoisotopic (exact) mass is 260 g/mol. The Hall–Kier alpha value is -0.130. The third kappa shape index (κ3) is 3.42. The van der Waals surface area contributed by atoms with Crippen molar-refractivity contribution in [3.63, 3.8) is 0 Å². The molecule has 0 aromatic carbocycles. The Kier molecular flexibility index (Phi) is 4.44. The molecular formula is C12H24N2O2S. The van der Waals surface area contributed by atoms with Gasteiger partial charge in [-0.2, -0.15) is 0 Å². The summed E-state index contributed by atoms with van der Waals surface area (Å²) in [6.07, 6.45) is 6.19. The summed E-state index contributed by atoms with van der Waals surface area (Å²) < 4.78 is 26.9. The smallest absolute Gasteiger partial charge is 0.214 e. The molecule has 0 aromatic rings. The highest BCUT2D eigenvalue weighted by Crippen LogP contribution is 2.24. The minimum absolute atomic E-state index is 0.138. The van der Waals surface area contributed by atoms with Gasteiger partial charge in [-0.15, -0.1) is 0 Å². The molecule has 0 bridgehead atoms. The maximum atomic E-state index is 12.0. The summed E-state index contributed by atoms with van der Waals surface area (Å²) in [7, 11) is -3.07. The van der Waals surface area contributed by atoms with E-state index in [4.69, 9.17) is 0 Å². The van der Waals surface area contributed by atoms with Gasteiger partial charge in [0.25, 0.3) is 0 Å². The van der Waals surface area contributed by atoms with Gasteiger partial charge in [0.05, 0.1) is 5.25 Å². The molecule has 0 aromatic heterocycles. The molecule has 1 heterocycles. The summed E-state index contributed by atoms with van der Waals surface area (Å²) in [6.45, 7) is 3.76. The Morgan fingerprint density at radius 2 is 1.88 bits per heavy atom. The lowest BCUT2D eigenvalue weighted by Crippen LogP contribution is -2.49. The van der Waals surface area contributed by atoms with Crippen LogP contribution in [0.25, 0.3) is 0 Å². The maximum absolute atomic E-state index is 12.0. The molecule has 17 heavy (non-hydrogen) atoms. The fourth-order valence-electron chi connectivity index (χ4n) is 2.91. The van der Waals surface area contributed by atoms with Crippen LogP contribution < -0.4 is 10.0 Å². The first-order valence-corrected chi connectivity index (χ1v) is 8.36. The Morgan fingerprint density at radius 1 is 1.18 bits per heavy atom. The summed E-state index contributed by atoms with van der Waals surface area (Å²) in [5.74, 6) is 0.565. The molecule has 1 saturated heterocycles. The van der Waals surface area contributed by atoms with Gasteiger partial charge in [-0.3, -0.25) is 0 Å². The van der Waals surface area contributed by atoms with E-state index in [0.29, 0.717) is 18.5 Å². The van der Waals surface area contributed by atoms with E-state index >= 15 is 0 Å². The van der Waals surface area contributed by atoms with Crippen molar-refractivity contribution in [3.8, 4) is 0 Å². The molecular weight excluding hydrogens is 236 g/mol. The van der Waals surface area contributed by atoms with Gasteiger partial charge in [-0.25, -0.2) is 13.1 Å². The molecule has 2 N–H and O–H groups in total. The highest BCUT2D eigenvalue weighted by molar-refractivity contribution is 7.90. The first kappa shape index (κ1) is 13.3. The molecule has 0 radical (unpaired) electrons. The van der Waals surface area contributed by atoms with Crippen molar-refractivity contribution in [1.82, 2.24) is 10.0 Å². The standard InChI is InChI=1S/C12H24N2O2S/c1-10-5-4-8-13-12(10)9-14-17(15,16)11-6-2-3-7-11/h10-14H,2-9H2,1H3. The average molecular weight is 260 g/mol. The zero-order valence-corrected chi connectivity index (χ0v) is 11.4. The second-order valence-corrected chi connectivity index (χ2v) is 7.53. The van der Waals surface area contributed by atoms with Crippen molar-refractivity contribution in [3.05, 3.63) is 0 Å². The van der Waals surface area contributed by atoms with E-state index in [9.17, 15) is 8.42 Å². The maximum Gasteiger partial charge on any atom is 0.214 e. The van der Waals surface area contributed by atoms with E-state index < -0.39 is 10.0 Å². The first-order valence-electron chi connectivity index (χ1n) is 6.81. The third-order valence-corrected chi connectivity index (χ3v) is 6.09. The predicted molar refractivity (Wildman–Crippen MR) is 69.4 cm³/mol. The highest BCUT2D eigenvalue weighted by atomic mass is 32.2. The van der Waals surface area contributed by atoms with Crippen LogP contribution in [0.4, 0.5) is 0 Å². The van der Waals surface area contributed by atoms with E-state index in [1.54, 1.807) is 0 Å². The van der Waals surface area contributed by atoms with Crippen LogP contribution in [0.1, 0.15) is 45.4 Å². The zero-order chi connectivity index (χ0) is 12.3. The van der Waals surface area contributed by atoms with Gasteiger partial charge in [0, 0.05) is 12.6 Å². The van der Waals surface area contributed by atoms with Gasteiger partial charge in [-0.05, 0) is 38.1 Å². The molecule has 0 amide bonds. The molecule has 4 nitrogen and oxygen atoms in total. The van der Waals surface area contributed by atoms with Crippen LogP contribution in [0.2, 0.25) is 0 Å². The second-order valence-electron chi connectivity index (χ2n) is 5.48. The number of sulfonamides is 1. The summed E-state index contributed by atoms with van der Waals surface area (Å²) in [6, 6.07) is 0.305. The van der Waals surface area contributed by atoms with E-state index in [-0.39, 0.29) is 5.25 Å². The van der Waals surface area contributed by atoms with Crippen LogP contribution in [-0.4, -0.2) is 32.8 Å². The van der Waals surface area contributed by atoms with Crippen LogP contribution >= 0.6 is 0 Å². The lowest BCUT2D eigenvalue weighted by atomic mass is 9.93. The van der Waals surface area contributed by atoms with E-state index in [1.165, 1.54) is 12.8 Å². The van der Waals surface area contributed by atoms with Gasteiger partial charge in [-0.1, -0.05) is 19.8 Å². The Morgan fingerprint density at radius 3 is 2.53 bits per heavy atom. The van der Waals surface area contributed by atoms with Gasteiger partial charge >= 0.3 is 0 Å². The number of piperidine rings is 1. The molecule has 100 valence electrons. The van der Waals surface area contributed by atoms with Gasteiger partial charge < -0.3 is 5.32 Å². The van der Waals surface area contributed by atoms with Crippen LogP contribution in [0.3, 0.4) is 0 Å². The second kappa shape index (κ2) is 5.67. The quantitative estimate of drug-likeness (QED) is 0.799. The lowest BCUT2D eigenvalue weighted by Gasteiger charge is -2.30. The zero-order valence-electron chi connectivity index (χ0n) is 10.6. The molecule has 2 rings (SSSR count). The molecule has 2 aliphatic rings. The van der Waals surface area contributed by atoms with Gasteiger partial charge in [0.15, 0.2) is 0 Å². The van der Waals surface area contributed by atoms with Crippen molar-refractivity contribution in [2.24, 2.45) is 5.92 Å². The fraction of sp³-hybridized carbons (Fsp3) is 1.00. The van der Waals surface area contributed by atoms with Crippen molar-refractivity contribution in [2.75, 3.05) is 13.1 Å². The van der Waals surface area contributed by atoms with Crippen molar-refractivity contribution >= 4 is 10.0 Å². The summed E-state index contributed by atoms with van der Waals surface area (Å²) in [4.78, 5) is 0. The topological polar surface area (TPSA) is 58.2 Å². The average Bonchev–Trinajstić information content (AvgIpc) is 2.82. The SMILES string of the molecule is CC1CCCNC1CNS(=O)(=O)C1CCCC1. The summed E-state index contributed by atoms with van der Waals surface area (Å²) >= 11 is 0. The summed E-state index contributed by atoms with van der Waals surface area (Å²) in [5, 5.41) is 3.27. The van der Waals surface area contributed by atoms with Crippen LogP contribution in [0.5, 0.6) is 0 Å². The minimum Gasteiger partial charge on any atom is -0.312 e. The van der Waals surface area contributed by atoms with E-state index in [0.717, 1.165) is 32.2 Å². The van der Waals surface area contributed by atoms with Crippen LogP contribution in [-0.2, 0) is 10.0 Å². The summed E-state index contributed by atoms with van der Waals surface area (Å²) in [5.41, 5.74) is 0. The number of rotatable bonds is 4. The molecule has 5 heteroatoms. The Bertz CT molecular complexity index is 336. The largest absolute Gasteiger partial charge is 0.312 e. The van der Waals surface area contributed by atoms with Crippen molar-refractivity contribution in [1.29, 1.82) is 0 Å². The third-order valence-electron chi connectivity index (χ3n) is 4.18. The number of hydrogen-bond acceptors (Lipinski definition) is 3. The van der Waals surface area contributed by atoms with E-state index in [2.05, 4.69) is 17.0 Å². The van der Waals surface area contributed by atoms with Gasteiger partial charge in [0.2, 0.25) is 10.0 Å². The van der Waals surface area contributed by atoms with Crippen molar-refractivity contribution in [2.45, 2.75) is 56.7 Å². The Labute approximate surface area is 105 Å². The molecule has 1 aliphatic carbocycles. The number of nitrogens with one attached hydrogen (secondary N) is 2. The van der Waals surface area contributed by atoms with Crippen LogP contribution in [0.15, 0.2) is 0 Å². The molecule has 0 spiro atoms. The lowest BCUT2D eigenvalue weighted by molar-refractivity contribution is 0.300. The minimum atomic E-state index is -3.07. The number of hydrogen-bond donors (Lipinski definition) is 2. The molecule has 2 atom stereocenters. The molecule has 2 fully saturated rings. The van der Waals surface area contributed by atoms with Crippen molar-refractivity contribution < 1.29 is 8.42 Å². The van der Waals surface area contributed by atoms with Crippen LogP contribution in [0, 0.1) is 5.92 Å². The normalized spacial score (nSPS) is 31.8.